The third kappa shape index (κ3) is 4.54. The molecule has 2 aromatic carbocycles. The van der Waals surface area contributed by atoms with E-state index >= 15 is 0 Å². The maximum atomic E-state index is 13.3. The first-order valence-electron chi connectivity index (χ1n) is 8.83. The highest BCUT2D eigenvalue weighted by atomic mass is 19.4. The van der Waals surface area contributed by atoms with Crippen LogP contribution in [0.25, 0.3) is 0 Å². The summed E-state index contributed by atoms with van der Waals surface area (Å²) >= 11 is 0. The Morgan fingerprint density at radius 1 is 0.935 bits per heavy atom. The van der Waals surface area contributed by atoms with E-state index in [2.05, 4.69) is 0 Å². The van der Waals surface area contributed by atoms with E-state index in [9.17, 15) is 42.6 Å². The quantitative estimate of drug-likeness (QED) is 0.406. The van der Waals surface area contributed by atoms with Crippen LogP contribution < -0.4 is 4.90 Å². The predicted octanol–water partition coefficient (Wildman–Crippen LogP) is 3.62. The molecule has 31 heavy (non-hydrogen) atoms. The van der Waals surface area contributed by atoms with Crippen molar-refractivity contribution >= 4 is 23.0 Å². The van der Waals surface area contributed by atoms with Crippen molar-refractivity contribution < 1.29 is 32.2 Å². The second kappa shape index (κ2) is 8.16. The number of benzene rings is 2. The Morgan fingerprint density at radius 2 is 1.48 bits per heavy atom. The molecule has 0 atom stereocenters. The molecule has 1 aliphatic rings. The number of nitro groups is 2. The summed E-state index contributed by atoms with van der Waals surface area (Å²) in [5.41, 5.74) is -4.08. The van der Waals surface area contributed by atoms with Gasteiger partial charge < -0.3 is 9.80 Å². The van der Waals surface area contributed by atoms with Crippen LogP contribution in [0.2, 0.25) is 0 Å². The minimum Gasteiger partial charge on any atom is -0.357 e. The first-order valence-corrected chi connectivity index (χ1v) is 8.83. The SMILES string of the molecule is O=C(c1cccc(F)c1)N1CCN(c2c([N+](=O)[O-])cc(C(F)(F)F)cc2[N+](=O)[O-])CC1. The molecule has 0 radical (unpaired) electrons. The number of anilines is 1. The molecular weight excluding hydrogens is 428 g/mol. The largest absolute Gasteiger partial charge is 0.416 e. The fraction of sp³-hybridized carbons (Fsp3) is 0.278. The topological polar surface area (TPSA) is 110 Å². The summed E-state index contributed by atoms with van der Waals surface area (Å²) < 4.78 is 52.5. The van der Waals surface area contributed by atoms with E-state index in [1.54, 1.807) is 0 Å². The maximum absolute atomic E-state index is 13.3. The standard InChI is InChI=1S/C18H14F4N4O5/c19-13-3-1-2-11(8-13)17(27)24-6-4-23(5-7-24)16-14(25(28)29)9-12(18(20,21)22)10-15(16)26(30)31/h1-3,8-10H,4-7H2. The average molecular weight is 442 g/mol. The predicted molar refractivity (Wildman–Crippen MR) is 99.3 cm³/mol. The van der Waals surface area contributed by atoms with Crippen LogP contribution in [0.15, 0.2) is 36.4 Å². The van der Waals surface area contributed by atoms with Crippen molar-refractivity contribution in [2.24, 2.45) is 0 Å². The van der Waals surface area contributed by atoms with Crippen molar-refractivity contribution in [1.82, 2.24) is 4.90 Å². The van der Waals surface area contributed by atoms with E-state index in [0.29, 0.717) is 0 Å². The third-order valence-electron chi connectivity index (χ3n) is 4.75. The highest BCUT2D eigenvalue weighted by molar-refractivity contribution is 5.94. The highest BCUT2D eigenvalue weighted by Gasteiger charge is 2.40. The molecule has 9 nitrogen and oxygen atoms in total. The Kier molecular flexibility index (Phi) is 5.77. The second-order valence-electron chi connectivity index (χ2n) is 6.66. The van der Waals surface area contributed by atoms with Crippen LogP contribution in [0.3, 0.4) is 0 Å². The van der Waals surface area contributed by atoms with Gasteiger partial charge in [0.15, 0.2) is 5.69 Å². The molecule has 0 N–H and O–H groups in total. The van der Waals surface area contributed by atoms with Gasteiger partial charge in [-0.2, -0.15) is 13.2 Å². The fourth-order valence-electron chi connectivity index (χ4n) is 3.31. The number of nitrogens with zero attached hydrogens (tertiary/aromatic N) is 4. The molecule has 0 spiro atoms. The highest BCUT2D eigenvalue weighted by Crippen LogP contribution is 2.43. The van der Waals surface area contributed by atoms with Crippen LogP contribution in [0.1, 0.15) is 15.9 Å². The molecule has 3 rings (SSSR count). The molecule has 0 aliphatic carbocycles. The van der Waals surface area contributed by atoms with Crippen molar-refractivity contribution in [3.63, 3.8) is 0 Å². The van der Waals surface area contributed by atoms with Crippen molar-refractivity contribution in [2.45, 2.75) is 6.18 Å². The maximum Gasteiger partial charge on any atom is 0.416 e. The van der Waals surface area contributed by atoms with Gasteiger partial charge >= 0.3 is 6.18 Å². The van der Waals surface area contributed by atoms with Gasteiger partial charge in [0.05, 0.1) is 15.4 Å². The van der Waals surface area contributed by atoms with Gasteiger partial charge in [0.2, 0.25) is 0 Å². The Bertz CT molecular complexity index is 1020. The molecule has 1 fully saturated rings. The molecule has 13 heteroatoms. The van der Waals surface area contributed by atoms with Gasteiger partial charge in [-0.05, 0) is 18.2 Å². The molecule has 0 bridgehead atoms. The molecule has 0 saturated carbocycles. The Morgan fingerprint density at radius 3 is 1.94 bits per heavy atom. The van der Waals surface area contributed by atoms with Gasteiger partial charge in [-0.1, -0.05) is 6.07 Å². The smallest absolute Gasteiger partial charge is 0.357 e. The van der Waals surface area contributed by atoms with E-state index in [4.69, 9.17) is 0 Å². The molecule has 1 saturated heterocycles. The first-order chi connectivity index (χ1) is 14.5. The minimum absolute atomic E-state index is 0.0231. The number of nitro benzene ring substituents is 2. The number of piperazine rings is 1. The first kappa shape index (κ1) is 21.9. The van der Waals surface area contributed by atoms with Crippen LogP contribution >= 0.6 is 0 Å². The number of halogens is 4. The third-order valence-corrected chi connectivity index (χ3v) is 4.75. The van der Waals surface area contributed by atoms with E-state index in [-0.39, 0.29) is 43.9 Å². The summed E-state index contributed by atoms with van der Waals surface area (Å²) in [5, 5.41) is 22.8. The lowest BCUT2D eigenvalue weighted by atomic mass is 10.1. The number of rotatable bonds is 4. The number of carbonyl (C=O) groups is 1. The van der Waals surface area contributed by atoms with E-state index in [1.165, 1.54) is 21.9 Å². The Labute approximate surface area is 171 Å². The number of hydrogen-bond donors (Lipinski definition) is 0. The fourth-order valence-corrected chi connectivity index (χ4v) is 3.31. The van der Waals surface area contributed by atoms with E-state index in [1.807, 2.05) is 0 Å². The second-order valence-corrected chi connectivity index (χ2v) is 6.66. The van der Waals surface area contributed by atoms with Crippen LogP contribution in [-0.4, -0.2) is 46.8 Å². The molecule has 0 unspecified atom stereocenters. The van der Waals surface area contributed by atoms with E-state index < -0.39 is 50.4 Å². The van der Waals surface area contributed by atoms with Crippen LogP contribution in [0, 0.1) is 26.0 Å². The zero-order chi connectivity index (χ0) is 22.9. The van der Waals surface area contributed by atoms with E-state index in [0.717, 1.165) is 12.1 Å². The summed E-state index contributed by atoms with van der Waals surface area (Å²) in [5.74, 6) is -1.11. The lowest BCUT2D eigenvalue weighted by Crippen LogP contribution is -2.49. The zero-order valence-electron chi connectivity index (χ0n) is 15.6. The zero-order valence-corrected chi connectivity index (χ0v) is 15.6. The summed E-state index contributed by atoms with van der Waals surface area (Å²) in [6.45, 7) is -0.252. The minimum atomic E-state index is -5.01. The monoisotopic (exact) mass is 442 g/mol. The van der Waals surface area contributed by atoms with Gasteiger partial charge in [-0.15, -0.1) is 0 Å². The molecule has 0 aromatic heterocycles. The molecule has 1 aliphatic heterocycles. The van der Waals surface area contributed by atoms with Crippen molar-refractivity contribution in [1.29, 1.82) is 0 Å². The van der Waals surface area contributed by atoms with Gasteiger partial charge in [-0.3, -0.25) is 25.0 Å². The van der Waals surface area contributed by atoms with Crippen molar-refractivity contribution in [2.75, 3.05) is 31.1 Å². The molecular formula is C18H14F4N4O5. The lowest BCUT2D eigenvalue weighted by molar-refractivity contribution is -0.393. The number of carbonyl (C=O) groups excluding carboxylic acids is 1. The summed E-state index contributed by atoms with van der Waals surface area (Å²) in [7, 11) is 0. The lowest BCUT2D eigenvalue weighted by Gasteiger charge is -2.35. The normalized spacial score (nSPS) is 14.5. The van der Waals surface area contributed by atoms with Gasteiger partial charge in [-0.25, -0.2) is 4.39 Å². The Balaban J connectivity index is 1.91. The average Bonchev–Trinajstić information content (AvgIpc) is 2.71. The number of amides is 1. The van der Waals surface area contributed by atoms with Crippen molar-refractivity contribution in [3.8, 4) is 0 Å². The summed E-state index contributed by atoms with van der Waals surface area (Å²) in [6.07, 6.45) is -5.01. The molecule has 164 valence electrons. The molecule has 1 heterocycles. The van der Waals surface area contributed by atoms with Crippen LogP contribution in [0.4, 0.5) is 34.6 Å². The van der Waals surface area contributed by atoms with Crippen LogP contribution in [0.5, 0.6) is 0 Å². The number of alkyl halides is 3. The van der Waals surface area contributed by atoms with Crippen LogP contribution in [-0.2, 0) is 6.18 Å². The van der Waals surface area contributed by atoms with Gasteiger partial charge in [0, 0.05) is 43.9 Å². The van der Waals surface area contributed by atoms with Crippen molar-refractivity contribution in [3.05, 3.63) is 73.6 Å². The van der Waals surface area contributed by atoms with Gasteiger partial charge in [0.1, 0.15) is 5.82 Å². The number of hydrogen-bond acceptors (Lipinski definition) is 6. The molecule has 1 amide bonds. The van der Waals surface area contributed by atoms with Gasteiger partial charge in [0.25, 0.3) is 17.3 Å². The summed E-state index contributed by atoms with van der Waals surface area (Å²) in [4.78, 5) is 35.6. The Hall–Kier alpha value is -3.77. The summed E-state index contributed by atoms with van der Waals surface area (Å²) in [6, 6.07) is 5.48. The molecule has 2 aromatic rings.